The standard InChI is InChI=1S/C41H39N5/c1-5-14-36-37(27(2)3)42-41(46(36)4)31-23-21-28(22-24-31)34-25-32-19-12-13-20-33(32)26-35(34)40-44-38(29-15-8-6-9-16-29)43-39(45-40)30-17-10-7-11-18-30/h6-13,15-27,36-37H,5,14H2,1-4H3. The number of fused-ring (bicyclic) bond motifs is 1. The van der Waals surface area contributed by atoms with E-state index in [2.05, 4.69) is 93.4 Å². The van der Waals surface area contributed by atoms with Gasteiger partial charge in [0.2, 0.25) is 0 Å². The van der Waals surface area contributed by atoms with Gasteiger partial charge in [0.1, 0.15) is 5.84 Å². The van der Waals surface area contributed by atoms with E-state index in [0.717, 1.165) is 57.4 Å². The van der Waals surface area contributed by atoms with E-state index in [1.54, 1.807) is 0 Å². The summed E-state index contributed by atoms with van der Waals surface area (Å²) in [5, 5.41) is 2.32. The van der Waals surface area contributed by atoms with Crippen LogP contribution in [-0.4, -0.2) is 44.8 Å². The smallest absolute Gasteiger partial charge is 0.164 e. The molecule has 0 bridgehead atoms. The molecule has 228 valence electrons. The Hall–Kier alpha value is -5.16. The number of amidine groups is 1. The van der Waals surface area contributed by atoms with Gasteiger partial charge in [-0.3, -0.25) is 4.99 Å². The van der Waals surface area contributed by atoms with E-state index < -0.39 is 0 Å². The number of benzene rings is 5. The van der Waals surface area contributed by atoms with E-state index in [0.29, 0.717) is 35.5 Å². The normalized spacial score (nSPS) is 16.3. The van der Waals surface area contributed by atoms with Crippen LogP contribution >= 0.6 is 0 Å². The van der Waals surface area contributed by atoms with Crippen molar-refractivity contribution in [1.29, 1.82) is 0 Å². The minimum atomic E-state index is 0.313. The Morgan fingerprint density at radius 1 is 0.587 bits per heavy atom. The summed E-state index contributed by atoms with van der Waals surface area (Å²) in [5.74, 6) is 3.54. The van der Waals surface area contributed by atoms with Crippen LogP contribution in [0.15, 0.2) is 126 Å². The molecule has 0 saturated heterocycles. The van der Waals surface area contributed by atoms with E-state index in [4.69, 9.17) is 19.9 Å². The molecule has 2 heterocycles. The first-order valence-corrected chi connectivity index (χ1v) is 16.3. The molecule has 0 N–H and O–H groups in total. The van der Waals surface area contributed by atoms with Gasteiger partial charge in [0.15, 0.2) is 17.5 Å². The number of hydrogen-bond donors (Lipinski definition) is 0. The van der Waals surface area contributed by atoms with Gasteiger partial charge in [-0.25, -0.2) is 15.0 Å². The zero-order valence-corrected chi connectivity index (χ0v) is 26.9. The molecule has 0 amide bonds. The SMILES string of the molecule is CCCC1C(C(C)C)N=C(c2ccc(-c3cc4ccccc4cc3-c3nc(-c4ccccc4)nc(-c4ccccc4)n3)cc2)N1C. The van der Waals surface area contributed by atoms with Gasteiger partial charge >= 0.3 is 0 Å². The van der Waals surface area contributed by atoms with Crippen LogP contribution in [0, 0.1) is 5.92 Å². The maximum atomic E-state index is 5.24. The van der Waals surface area contributed by atoms with E-state index in [1.807, 2.05) is 60.7 Å². The predicted octanol–water partition coefficient (Wildman–Crippen LogP) is 9.58. The lowest BCUT2D eigenvalue weighted by molar-refractivity contribution is 0.289. The van der Waals surface area contributed by atoms with Crippen molar-refractivity contribution in [3.8, 4) is 45.3 Å². The highest BCUT2D eigenvalue weighted by Crippen LogP contribution is 2.37. The Morgan fingerprint density at radius 2 is 1.09 bits per heavy atom. The highest BCUT2D eigenvalue weighted by Gasteiger charge is 2.35. The van der Waals surface area contributed by atoms with Crippen LogP contribution in [0.1, 0.15) is 39.2 Å². The molecule has 0 aliphatic carbocycles. The van der Waals surface area contributed by atoms with Crippen LogP contribution in [0.25, 0.3) is 56.1 Å². The highest BCUT2D eigenvalue weighted by atomic mass is 15.3. The molecule has 7 rings (SSSR count). The molecule has 0 radical (unpaired) electrons. The van der Waals surface area contributed by atoms with Gasteiger partial charge in [-0.2, -0.15) is 0 Å². The van der Waals surface area contributed by atoms with Crippen molar-refractivity contribution >= 4 is 16.6 Å². The van der Waals surface area contributed by atoms with E-state index >= 15 is 0 Å². The van der Waals surface area contributed by atoms with Crippen molar-refractivity contribution in [3.05, 3.63) is 127 Å². The van der Waals surface area contributed by atoms with Gasteiger partial charge in [0, 0.05) is 29.3 Å². The summed E-state index contributed by atoms with van der Waals surface area (Å²) in [7, 11) is 2.20. The van der Waals surface area contributed by atoms with Gasteiger partial charge in [-0.15, -0.1) is 0 Å². The van der Waals surface area contributed by atoms with Gasteiger partial charge in [0.05, 0.1) is 12.1 Å². The third-order valence-corrected chi connectivity index (χ3v) is 9.04. The van der Waals surface area contributed by atoms with Gasteiger partial charge in [-0.05, 0) is 46.4 Å². The Morgan fingerprint density at radius 3 is 1.63 bits per heavy atom. The van der Waals surface area contributed by atoms with Crippen LogP contribution < -0.4 is 0 Å². The van der Waals surface area contributed by atoms with Crippen molar-refractivity contribution in [2.45, 2.75) is 45.7 Å². The zero-order valence-electron chi connectivity index (χ0n) is 26.9. The van der Waals surface area contributed by atoms with Gasteiger partial charge in [0.25, 0.3) is 0 Å². The number of aliphatic imine (C=N–C) groups is 1. The number of hydrogen-bond acceptors (Lipinski definition) is 5. The largest absolute Gasteiger partial charge is 0.354 e. The summed E-state index contributed by atoms with van der Waals surface area (Å²) in [6, 6.07) is 42.9. The number of nitrogens with zero attached hydrogens (tertiary/aromatic N) is 5. The van der Waals surface area contributed by atoms with Crippen LogP contribution in [-0.2, 0) is 0 Å². The lowest BCUT2D eigenvalue weighted by Crippen LogP contribution is -2.38. The van der Waals surface area contributed by atoms with Gasteiger partial charge in [-0.1, -0.05) is 136 Å². The summed E-state index contributed by atoms with van der Waals surface area (Å²) in [5.41, 5.74) is 6.23. The molecule has 46 heavy (non-hydrogen) atoms. The van der Waals surface area contributed by atoms with Crippen molar-refractivity contribution in [1.82, 2.24) is 19.9 Å². The average Bonchev–Trinajstić information content (AvgIpc) is 3.44. The number of aromatic nitrogens is 3. The molecule has 5 aromatic carbocycles. The molecule has 5 nitrogen and oxygen atoms in total. The molecular weight excluding hydrogens is 562 g/mol. The molecular formula is C41H39N5. The van der Waals surface area contributed by atoms with Gasteiger partial charge < -0.3 is 4.90 Å². The van der Waals surface area contributed by atoms with E-state index in [-0.39, 0.29) is 0 Å². The molecule has 1 aliphatic rings. The van der Waals surface area contributed by atoms with Crippen molar-refractivity contribution < 1.29 is 0 Å². The lowest BCUT2D eigenvalue weighted by atomic mass is 9.94. The van der Waals surface area contributed by atoms with E-state index in [9.17, 15) is 0 Å². The number of likely N-dealkylation sites (N-methyl/N-ethyl adjacent to an activating group) is 1. The first-order valence-electron chi connectivity index (χ1n) is 16.3. The molecule has 0 fully saturated rings. The third kappa shape index (κ3) is 5.69. The number of rotatable bonds is 8. The second kappa shape index (κ2) is 12.7. The highest BCUT2D eigenvalue weighted by molar-refractivity contribution is 6.01. The quantitative estimate of drug-likeness (QED) is 0.174. The molecule has 1 aliphatic heterocycles. The maximum Gasteiger partial charge on any atom is 0.164 e. The lowest BCUT2D eigenvalue weighted by Gasteiger charge is -2.28. The third-order valence-electron chi connectivity index (χ3n) is 9.04. The molecule has 5 heteroatoms. The van der Waals surface area contributed by atoms with Crippen molar-refractivity contribution in [2.24, 2.45) is 10.9 Å². The predicted molar refractivity (Wildman–Crippen MR) is 191 cm³/mol. The summed E-state index contributed by atoms with van der Waals surface area (Å²) in [4.78, 5) is 22.7. The fraction of sp³-hybridized carbons (Fsp3) is 0.220. The van der Waals surface area contributed by atoms with Crippen LogP contribution in [0.4, 0.5) is 0 Å². The fourth-order valence-corrected chi connectivity index (χ4v) is 6.63. The molecule has 1 aromatic heterocycles. The summed E-state index contributed by atoms with van der Waals surface area (Å²) in [6.45, 7) is 6.83. The Kier molecular flexibility index (Phi) is 8.15. The fourth-order valence-electron chi connectivity index (χ4n) is 6.63. The Bertz CT molecular complexity index is 1940. The second-order valence-electron chi connectivity index (χ2n) is 12.5. The molecule has 6 aromatic rings. The molecule has 2 atom stereocenters. The maximum absolute atomic E-state index is 5.24. The monoisotopic (exact) mass is 601 g/mol. The summed E-state index contributed by atoms with van der Waals surface area (Å²) in [6.07, 6.45) is 2.30. The van der Waals surface area contributed by atoms with Crippen molar-refractivity contribution in [3.63, 3.8) is 0 Å². The van der Waals surface area contributed by atoms with E-state index in [1.165, 1.54) is 5.39 Å². The summed E-state index contributed by atoms with van der Waals surface area (Å²) >= 11 is 0. The average molecular weight is 602 g/mol. The van der Waals surface area contributed by atoms with Crippen molar-refractivity contribution in [2.75, 3.05) is 7.05 Å². The first-order chi connectivity index (χ1) is 22.5. The van der Waals surface area contributed by atoms with Crippen LogP contribution in [0.3, 0.4) is 0 Å². The summed E-state index contributed by atoms with van der Waals surface area (Å²) < 4.78 is 0. The first kappa shape index (κ1) is 29.5. The minimum absolute atomic E-state index is 0.313. The Labute approximate surface area is 271 Å². The van der Waals surface area contributed by atoms with Crippen LogP contribution in [0.2, 0.25) is 0 Å². The van der Waals surface area contributed by atoms with Crippen LogP contribution in [0.5, 0.6) is 0 Å². The molecule has 0 saturated carbocycles. The molecule has 2 unspecified atom stereocenters. The topological polar surface area (TPSA) is 54.3 Å². The second-order valence-corrected chi connectivity index (χ2v) is 12.5. The molecule has 0 spiro atoms. The minimum Gasteiger partial charge on any atom is -0.354 e. The Balaban J connectivity index is 1.36. The zero-order chi connectivity index (χ0) is 31.6.